The number of halogens is 2. The van der Waals surface area contributed by atoms with E-state index in [2.05, 4.69) is 26.2 Å². The Morgan fingerprint density at radius 3 is 3.00 bits per heavy atom. The van der Waals surface area contributed by atoms with Crippen LogP contribution in [0.2, 0.25) is 5.02 Å². The summed E-state index contributed by atoms with van der Waals surface area (Å²) in [6, 6.07) is 2.16. The minimum atomic E-state index is 0.321. The summed E-state index contributed by atoms with van der Waals surface area (Å²) >= 11 is 9.39. The topological polar surface area (TPSA) is 50.9 Å². The molecule has 0 aromatic carbocycles. The van der Waals surface area contributed by atoms with Crippen LogP contribution in [0.5, 0.6) is 0 Å². The van der Waals surface area contributed by atoms with Crippen LogP contribution in [0.15, 0.2) is 16.7 Å². The quantitative estimate of drug-likeness (QED) is 0.902. The molecule has 0 amide bonds. The second kappa shape index (κ2) is 5.34. The van der Waals surface area contributed by atoms with Crippen LogP contribution in [0, 0.1) is 5.92 Å². The van der Waals surface area contributed by atoms with Crippen LogP contribution >= 0.6 is 27.5 Å². The second-order valence-electron chi connectivity index (χ2n) is 4.22. The number of aromatic nitrogens is 1. The molecule has 0 bridgehead atoms. The van der Waals surface area contributed by atoms with Crippen molar-refractivity contribution in [3.8, 4) is 0 Å². The Labute approximate surface area is 109 Å². The molecule has 1 saturated carbocycles. The van der Waals surface area contributed by atoms with Crippen LogP contribution in [0.3, 0.4) is 0 Å². The fraction of sp³-hybridized carbons (Fsp3) is 0.545. The molecular weight excluding hydrogens is 289 g/mol. The van der Waals surface area contributed by atoms with Crippen LogP contribution in [0.4, 0.5) is 5.82 Å². The molecule has 0 aliphatic heterocycles. The molecule has 0 spiro atoms. The fourth-order valence-electron chi connectivity index (χ4n) is 2.09. The predicted octanol–water partition coefficient (Wildman–Crippen LogP) is 3.04. The average molecular weight is 305 g/mol. The van der Waals surface area contributed by atoms with E-state index in [4.69, 9.17) is 17.3 Å². The van der Waals surface area contributed by atoms with Gasteiger partial charge in [0.1, 0.15) is 5.82 Å². The van der Waals surface area contributed by atoms with Gasteiger partial charge in [-0.1, -0.05) is 18.0 Å². The van der Waals surface area contributed by atoms with Gasteiger partial charge in [-0.15, -0.1) is 0 Å². The molecule has 1 aliphatic rings. The third kappa shape index (κ3) is 2.87. The van der Waals surface area contributed by atoms with E-state index in [-0.39, 0.29) is 0 Å². The first-order valence-corrected chi connectivity index (χ1v) is 6.64. The van der Waals surface area contributed by atoms with Crippen molar-refractivity contribution in [3.63, 3.8) is 0 Å². The average Bonchev–Trinajstić information content (AvgIpc) is 2.63. The van der Waals surface area contributed by atoms with E-state index in [0.717, 1.165) is 23.3 Å². The standard InChI is InChI=1S/C11H15BrClN3/c12-8-4-9(13)11(16-6-8)15-5-7-2-1-3-10(7)14/h4,6-7,10H,1-3,5,14H2,(H,15,16). The lowest BCUT2D eigenvalue weighted by molar-refractivity contribution is 0.504. The van der Waals surface area contributed by atoms with Gasteiger partial charge in [0.15, 0.2) is 0 Å². The van der Waals surface area contributed by atoms with Gasteiger partial charge in [0.05, 0.1) is 5.02 Å². The lowest BCUT2D eigenvalue weighted by atomic mass is 10.1. The summed E-state index contributed by atoms with van der Waals surface area (Å²) in [5.74, 6) is 1.28. The SMILES string of the molecule is NC1CCCC1CNc1ncc(Br)cc1Cl. The first-order valence-electron chi connectivity index (χ1n) is 5.47. The maximum atomic E-state index is 6.07. The molecule has 16 heavy (non-hydrogen) atoms. The van der Waals surface area contributed by atoms with Gasteiger partial charge in [0.25, 0.3) is 0 Å². The zero-order valence-corrected chi connectivity index (χ0v) is 11.3. The zero-order chi connectivity index (χ0) is 11.5. The third-order valence-electron chi connectivity index (χ3n) is 3.06. The Hall–Kier alpha value is -0.320. The van der Waals surface area contributed by atoms with Crippen LogP contribution in [0.1, 0.15) is 19.3 Å². The molecule has 5 heteroatoms. The molecule has 2 unspecified atom stereocenters. The highest BCUT2D eigenvalue weighted by atomic mass is 79.9. The van der Waals surface area contributed by atoms with Crippen LogP contribution < -0.4 is 11.1 Å². The van der Waals surface area contributed by atoms with Crippen molar-refractivity contribution in [2.45, 2.75) is 25.3 Å². The van der Waals surface area contributed by atoms with E-state index in [1.807, 2.05) is 6.07 Å². The number of nitrogens with two attached hydrogens (primary N) is 1. The summed E-state index contributed by atoms with van der Waals surface area (Å²) in [4.78, 5) is 4.23. The Bertz CT molecular complexity index is 372. The molecule has 1 aromatic rings. The molecule has 2 atom stereocenters. The Balaban J connectivity index is 1.94. The zero-order valence-electron chi connectivity index (χ0n) is 8.92. The number of nitrogens with zero attached hydrogens (tertiary/aromatic N) is 1. The number of nitrogens with one attached hydrogen (secondary N) is 1. The number of hydrogen-bond donors (Lipinski definition) is 2. The van der Waals surface area contributed by atoms with Gasteiger partial charge in [-0.05, 0) is 40.8 Å². The van der Waals surface area contributed by atoms with Gasteiger partial charge in [-0.3, -0.25) is 0 Å². The van der Waals surface area contributed by atoms with E-state index in [9.17, 15) is 0 Å². The van der Waals surface area contributed by atoms with Crippen molar-refractivity contribution >= 4 is 33.3 Å². The maximum Gasteiger partial charge on any atom is 0.144 e. The predicted molar refractivity (Wildman–Crippen MR) is 70.8 cm³/mol. The van der Waals surface area contributed by atoms with Crippen molar-refractivity contribution in [2.75, 3.05) is 11.9 Å². The van der Waals surface area contributed by atoms with Crippen LogP contribution in [0.25, 0.3) is 0 Å². The van der Waals surface area contributed by atoms with Gasteiger partial charge in [0.2, 0.25) is 0 Å². The second-order valence-corrected chi connectivity index (χ2v) is 5.54. The summed E-state index contributed by atoms with van der Waals surface area (Å²) < 4.78 is 0.889. The van der Waals surface area contributed by atoms with Gasteiger partial charge < -0.3 is 11.1 Å². The minimum Gasteiger partial charge on any atom is -0.369 e. The summed E-state index contributed by atoms with van der Waals surface area (Å²) in [5.41, 5.74) is 6.00. The molecule has 0 saturated heterocycles. The summed E-state index contributed by atoms with van der Waals surface area (Å²) in [6.07, 6.45) is 5.30. The highest BCUT2D eigenvalue weighted by Gasteiger charge is 2.23. The monoisotopic (exact) mass is 303 g/mol. The summed E-state index contributed by atoms with van der Waals surface area (Å²) in [6.45, 7) is 0.857. The van der Waals surface area contributed by atoms with Crippen LogP contribution in [-0.2, 0) is 0 Å². The van der Waals surface area contributed by atoms with Gasteiger partial charge in [-0.25, -0.2) is 4.98 Å². The molecule has 88 valence electrons. The van der Waals surface area contributed by atoms with Crippen molar-refractivity contribution < 1.29 is 0 Å². The number of anilines is 1. The molecule has 3 nitrogen and oxygen atoms in total. The van der Waals surface area contributed by atoms with Crippen LogP contribution in [-0.4, -0.2) is 17.6 Å². The van der Waals surface area contributed by atoms with E-state index in [0.29, 0.717) is 17.0 Å². The summed E-state index contributed by atoms with van der Waals surface area (Å²) in [5, 5.41) is 3.91. The Kier molecular flexibility index (Phi) is 4.05. The fourth-order valence-corrected chi connectivity index (χ4v) is 2.79. The number of hydrogen-bond acceptors (Lipinski definition) is 3. The molecule has 1 heterocycles. The Morgan fingerprint density at radius 1 is 1.56 bits per heavy atom. The number of pyridine rings is 1. The smallest absolute Gasteiger partial charge is 0.144 e. The Morgan fingerprint density at radius 2 is 2.38 bits per heavy atom. The third-order valence-corrected chi connectivity index (χ3v) is 3.78. The molecule has 1 aliphatic carbocycles. The van der Waals surface area contributed by atoms with E-state index < -0.39 is 0 Å². The van der Waals surface area contributed by atoms with Crippen molar-refractivity contribution in [1.29, 1.82) is 0 Å². The van der Waals surface area contributed by atoms with Crippen molar-refractivity contribution in [2.24, 2.45) is 11.7 Å². The van der Waals surface area contributed by atoms with E-state index >= 15 is 0 Å². The number of rotatable bonds is 3. The molecule has 1 aromatic heterocycles. The van der Waals surface area contributed by atoms with Crippen molar-refractivity contribution in [3.05, 3.63) is 21.8 Å². The maximum absolute atomic E-state index is 6.07. The molecule has 0 radical (unpaired) electrons. The molecule has 1 fully saturated rings. The minimum absolute atomic E-state index is 0.321. The highest BCUT2D eigenvalue weighted by Crippen LogP contribution is 2.26. The normalized spacial score (nSPS) is 24.7. The molecule has 2 rings (SSSR count). The largest absolute Gasteiger partial charge is 0.369 e. The van der Waals surface area contributed by atoms with Crippen molar-refractivity contribution in [1.82, 2.24) is 4.98 Å². The van der Waals surface area contributed by atoms with E-state index in [1.165, 1.54) is 12.8 Å². The van der Waals surface area contributed by atoms with E-state index in [1.54, 1.807) is 6.20 Å². The lowest BCUT2D eigenvalue weighted by Crippen LogP contribution is -2.29. The highest BCUT2D eigenvalue weighted by molar-refractivity contribution is 9.10. The van der Waals surface area contributed by atoms with Gasteiger partial charge in [-0.2, -0.15) is 0 Å². The molecular formula is C11H15BrClN3. The summed E-state index contributed by atoms with van der Waals surface area (Å²) in [7, 11) is 0. The lowest BCUT2D eigenvalue weighted by Gasteiger charge is -2.16. The first kappa shape index (κ1) is 12.1. The van der Waals surface area contributed by atoms with Gasteiger partial charge >= 0.3 is 0 Å². The first-order chi connectivity index (χ1) is 7.66. The molecule has 3 N–H and O–H groups in total. The van der Waals surface area contributed by atoms with Gasteiger partial charge in [0, 0.05) is 23.3 Å².